The van der Waals surface area contributed by atoms with Gasteiger partial charge in [-0.25, -0.2) is 9.89 Å². The molecule has 0 saturated heterocycles. The summed E-state index contributed by atoms with van der Waals surface area (Å²) in [6, 6.07) is 20.4. The molecular weight excluding hydrogens is 306 g/mol. The summed E-state index contributed by atoms with van der Waals surface area (Å²) in [4.78, 5) is 12.0. The van der Waals surface area contributed by atoms with E-state index in [1.165, 1.54) is 11.1 Å². The lowest BCUT2D eigenvalue weighted by molar-refractivity contribution is 0.615. The van der Waals surface area contributed by atoms with Crippen LogP contribution in [0.4, 0.5) is 0 Å². The third-order valence-corrected chi connectivity index (χ3v) is 4.89. The highest BCUT2D eigenvalue weighted by molar-refractivity contribution is 7.99. The van der Waals surface area contributed by atoms with E-state index < -0.39 is 0 Å². The van der Waals surface area contributed by atoms with E-state index in [-0.39, 0.29) is 10.9 Å². The SMILES string of the molecule is C[C@H](Sc1n[nH]c(=O)n1CCc1ccccc1)c1ccccc1. The molecule has 4 nitrogen and oxygen atoms in total. The normalized spacial score (nSPS) is 12.2. The van der Waals surface area contributed by atoms with Crippen molar-refractivity contribution in [3.8, 4) is 0 Å². The molecule has 1 aromatic heterocycles. The fourth-order valence-corrected chi connectivity index (χ4v) is 3.44. The molecule has 23 heavy (non-hydrogen) atoms. The van der Waals surface area contributed by atoms with Crippen molar-refractivity contribution < 1.29 is 0 Å². The Labute approximate surface area is 139 Å². The summed E-state index contributed by atoms with van der Waals surface area (Å²) in [5.41, 5.74) is 2.29. The van der Waals surface area contributed by atoms with E-state index in [9.17, 15) is 4.79 Å². The highest BCUT2D eigenvalue weighted by Crippen LogP contribution is 2.32. The van der Waals surface area contributed by atoms with Crippen molar-refractivity contribution in [3.05, 3.63) is 82.3 Å². The second-order valence-electron chi connectivity index (χ2n) is 5.37. The summed E-state index contributed by atoms with van der Waals surface area (Å²) in [5.74, 6) is 0. The Balaban J connectivity index is 1.72. The predicted molar refractivity (Wildman–Crippen MR) is 93.7 cm³/mol. The van der Waals surface area contributed by atoms with Gasteiger partial charge in [-0.3, -0.25) is 4.57 Å². The molecule has 0 saturated carbocycles. The molecule has 118 valence electrons. The summed E-state index contributed by atoms with van der Waals surface area (Å²) in [7, 11) is 0. The number of aryl methyl sites for hydroxylation is 1. The lowest BCUT2D eigenvalue weighted by atomic mass is 10.1. The summed E-state index contributed by atoms with van der Waals surface area (Å²) >= 11 is 1.60. The van der Waals surface area contributed by atoms with Crippen molar-refractivity contribution in [2.24, 2.45) is 0 Å². The minimum absolute atomic E-state index is 0.149. The van der Waals surface area contributed by atoms with E-state index in [4.69, 9.17) is 0 Å². The fourth-order valence-electron chi connectivity index (χ4n) is 2.43. The molecule has 0 bridgehead atoms. The molecule has 2 aromatic carbocycles. The van der Waals surface area contributed by atoms with Gasteiger partial charge in [-0.05, 0) is 24.5 Å². The Kier molecular flexibility index (Phi) is 4.98. The number of nitrogens with one attached hydrogen (secondary N) is 1. The standard InChI is InChI=1S/C18H19N3OS/c1-14(16-10-6-3-7-11-16)23-18-20-19-17(22)21(18)13-12-15-8-4-2-5-9-15/h2-11,14H,12-13H2,1H3,(H,19,22)/t14-/m0/s1. The van der Waals surface area contributed by atoms with Crippen LogP contribution in [-0.2, 0) is 13.0 Å². The molecule has 0 spiro atoms. The summed E-state index contributed by atoms with van der Waals surface area (Å²) in [6.07, 6.45) is 0.813. The first kappa shape index (κ1) is 15.6. The van der Waals surface area contributed by atoms with Gasteiger partial charge in [0.2, 0.25) is 0 Å². The van der Waals surface area contributed by atoms with E-state index in [1.54, 1.807) is 16.3 Å². The van der Waals surface area contributed by atoms with Crippen LogP contribution in [0.3, 0.4) is 0 Å². The van der Waals surface area contributed by atoms with Gasteiger partial charge in [0.1, 0.15) is 0 Å². The Hall–Kier alpha value is -2.27. The molecule has 0 unspecified atom stereocenters. The maximum Gasteiger partial charge on any atom is 0.343 e. The number of hydrogen-bond acceptors (Lipinski definition) is 3. The summed E-state index contributed by atoms with van der Waals surface area (Å²) in [6.45, 7) is 2.75. The van der Waals surface area contributed by atoms with Crippen LogP contribution in [0.15, 0.2) is 70.6 Å². The first-order chi connectivity index (χ1) is 11.2. The molecule has 0 radical (unpaired) electrons. The van der Waals surface area contributed by atoms with Crippen LogP contribution in [0, 0.1) is 0 Å². The average molecular weight is 325 g/mol. The molecule has 5 heteroatoms. The molecule has 0 amide bonds. The van der Waals surface area contributed by atoms with Crippen LogP contribution < -0.4 is 5.69 Å². The minimum atomic E-state index is -0.149. The zero-order chi connectivity index (χ0) is 16.1. The molecular formula is C18H19N3OS. The van der Waals surface area contributed by atoms with Crippen molar-refractivity contribution in [1.29, 1.82) is 0 Å². The second kappa shape index (κ2) is 7.33. The van der Waals surface area contributed by atoms with Crippen molar-refractivity contribution in [2.45, 2.75) is 30.3 Å². The molecule has 3 rings (SSSR count). The number of H-pyrrole nitrogens is 1. The topological polar surface area (TPSA) is 50.7 Å². The van der Waals surface area contributed by atoms with E-state index in [2.05, 4.69) is 41.4 Å². The average Bonchev–Trinajstić information content (AvgIpc) is 2.94. The quantitative estimate of drug-likeness (QED) is 0.704. The van der Waals surface area contributed by atoms with Crippen LogP contribution in [0.2, 0.25) is 0 Å². The molecule has 1 N–H and O–H groups in total. The Morgan fingerprint density at radius 3 is 2.43 bits per heavy atom. The number of aromatic amines is 1. The van der Waals surface area contributed by atoms with E-state index >= 15 is 0 Å². The zero-order valence-corrected chi connectivity index (χ0v) is 13.8. The molecule has 0 aliphatic rings. The van der Waals surface area contributed by atoms with Gasteiger partial charge >= 0.3 is 5.69 Å². The number of rotatable bonds is 6. The lowest BCUT2D eigenvalue weighted by Crippen LogP contribution is -2.19. The number of benzene rings is 2. The molecule has 0 aliphatic carbocycles. The Morgan fingerprint density at radius 2 is 1.74 bits per heavy atom. The number of aromatic nitrogens is 3. The minimum Gasteiger partial charge on any atom is -0.270 e. The van der Waals surface area contributed by atoms with Gasteiger partial charge in [0, 0.05) is 11.8 Å². The van der Waals surface area contributed by atoms with Crippen molar-refractivity contribution >= 4 is 11.8 Å². The molecule has 0 aliphatic heterocycles. The Bertz CT molecular complexity index is 796. The van der Waals surface area contributed by atoms with Gasteiger partial charge in [0.05, 0.1) is 0 Å². The van der Waals surface area contributed by atoms with E-state index in [0.29, 0.717) is 6.54 Å². The molecule has 3 aromatic rings. The largest absolute Gasteiger partial charge is 0.343 e. The van der Waals surface area contributed by atoms with Gasteiger partial charge in [-0.1, -0.05) is 72.4 Å². The van der Waals surface area contributed by atoms with Gasteiger partial charge < -0.3 is 0 Å². The maximum absolute atomic E-state index is 12.0. The van der Waals surface area contributed by atoms with Crippen LogP contribution in [0.1, 0.15) is 23.3 Å². The first-order valence-corrected chi connectivity index (χ1v) is 8.53. The van der Waals surface area contributed by atoms with Gasteiger partial charge in [-0.2, -0.15) is 0 Å². The second-order valence-corrected chi connectivity index (χ2v) is 6.68. The smallest absolute Gasteiger partial charge is 0.270 e. The molecule has 1 heterocycles. The van der Waals surface area contributed by atoms with Crippen molar-refractivity contribution in [1.82, 2.24) is 14.8 Å². The fraction of sp³-hybridized carbons (Fsp3) is 0.222. The number of hydrogen-bond donors (Lipinski definition) is 1. The van der Waals surface area contributed by atoms with Gasteiger partial charge in [-0.15, -0.1) is 5.10 Å². The predicted octanol–water partition coefficient (Wildman–Crippen LogP) is 3.67. The van der Waals surface area contributed by atoms with Gasteiger partial charge in [0.15, 0.2) is 5.16 Å². The summed E-state index contributed by atoms with van der Waals surface area (Å²) in [5, 5.41) is 7.72. The summed E-state index contributed by atoms with van der Waals surface area (Å²) < 4.78 is 1.72. The third-order valence-electron chi connectivity index (χ3n) is 3.74. The Morgan fingerprint density at radius 1 is 1.09 bits per heavy atom. The van der Waals surface area contributed by atoms with E-state index in [0.717, 1.165) is 11.6 Å². The van der Waals surface area contributed by atoms with E-state index in [1.807, 2.05) is 36.4 Å². The zero-order valence-electron chi connectivity index (χ0n) is 13.0. The van der Waals surface area contributed by atoms with Crippen LogP contribution in [0.25, 0.3) is 0 Å². The van der Waals surface area contributed by atoms with Crippen LogP contribution in [-0.4, -0.2) is 14.8 Å². The monoisotopic (exact) mass is 325 g/mol. The van der Waals surface area contributed by atoms with Crippen molar-refractivity contribution in [2.75, 3.05) is 0 Å². The highest BCUT2D eigenvalue weighted by Gasteiger charge is 2.14. The highest BCUT2D eigenvalue weighted by atomic mass is 32.2. The number of nitrogens with zero attached hydrogens (tertiary/aromatic N) is 2. The van der Waals surface area contributed by atoms with Gasteiger partial charge in [0.25, 0.3) is 0 Å². The number of thioether (sulfide) groups is 1. The maximum atomic E-state index is 12.0. The molecule has 1 atom stereocenters. The third kappa shape index (κ3) is 3.93. The van der Waals surface area contributed by atoms with Crippen LogP contribution >= 0.6 is 11.8 Å². The first-order valence-electron chi connectivity index (χ1n) is 7.65. The molecule has 0 fully saturated rings. The van der Waals surface area contributed by atoms with Crippen molar-refractivity contribution in [3.63, 3.8) is 0 Å². The lowest BCUT2D eigenvalue weighted by Gasteiger charge is -2.11. The van der Waals surface area contributed by atoms with Crippen LogP contribution in [0.5, 0.6) is 0 Å².